The molecule has 0 spiro atoms. The largest absolute Gasteiger partial charge is 0.355 e. The number of aromatic nitrogens is 2. The van der Waals surface area contributed by atoms with Gasteiger partial charge in [0.2, 0.25) is 5.91 Å². The maximum atomic E-state index is 11.9. The molecule has 3 rings (SSSR count). The molecule has 1 aromatic carbocycles. The number of amides is 1. The van der Waals surface area contributed by atoms with Gasteiger partial charge >= 0.3 is 0 Å². The predicted molar refractivity (Wildman–Crippen MR) is 140 cm³/mol. The fourth-order valence-electron chi connectivity index (χ4n) is 3.52. The highest BCUT2D eigenvalue weighted by Crippen LogP contribution is 2.13. The van der Waals surface area contributed by atoms with Crippen LogP contribution < -0.4 is 16.0 Å². The Morgan fingerprint density at radius 1 is 1.22 bits per heavy atom. The van der Waals surface area contributed by atoms with E-state index >= 15 is 0 Å². The van der Waals surface area contributed by atoms with Gasteiger partial charge in [0.25, 0.3) is 0 Å². The van der Waals surface area contributed by atoms with Gasteiger partial charge in [-0.2, -0.15) is 5.10 Å². The number of carbonyl (C=O) groups excluding carboxylic acids is 1. The Morgan fingerprint density at radius 2 is 1.94 bits per heavy atom. The van der Waals surface area contributed by atoms with E-state index in [2.05, 4.69) is 37.9 Å². The second-order valence-corrected chi connectivity index (χ2v) is 8.18. The number of hydrogen-bond donors (Lipinski definition) is 3. The summed E-state index contributed by atoms with van der Waals surface area (Å²) >= 11 is 5.95. The lowest BCUT2D eigenvalue weighted by molar-refractivity contribution is -0.122. The van der Waals surface area contributed by atoms with E-state index in [-0.39, 0.29) is 29.9 Å². The first kappa shape index (κ1) is 26.4. The summed E-state index contributed by atoms with van der Waals surface area (Å²) in [4.78, 5) is 18.5. The molecule has 32 heavy (non-hydrogen) atoms. The van der Waals surface area contributed by atoms with Crippen molar-refractivity contribution in [3.05, 3.63) is 47.2 Å². The third-order valence-electron chi connectivity index (χ3n) is 5.28. The quantitative estimate of drug-likeness (QED) is 0.257. The minimum absolute atomic E-state index is 0. The van der Waals surface area contributed by atoms with Crippen LogP contribution in [0.15, 0.2) is 41.7 Å². The van der Waals surface area contributed by atoms with E-state index in [1.165, 1.54) is 0 Å². The number of guanidine groups is 1. The first-order chi connectivity index (χ1) is 15.1. The zero-order chi connectivity index (χ0) is 22.1. The van der Waals surface area contributed by atoms with Gasteiger partial charge in [0.05, 0.1) is 18.4 Å². The van der Waals surface area contributed by atoms with Crippen LogP contribution in [0.1, 0.15) is 31.7 Å². The maximum Gasteiger partial charge on any atom is 0.234 e. The van der Waals surface area contributed by atoms with Crippen molar-refractivity contribution in [3.8, 4) is 5.69 Å². The van der Waals surface area contributed by atoms with Gasteiger partial charge < -0.3 is 16.0 Å². The molecular formula is C22H33ClIN7O. The molecule has 0 unspecified atom stereocenters. The van der Waals surface area contributed by atoms with E-state index in [0.29, 0.717) is 24.2 Å². The summed E-state index contributed by atoms with van der Waals surface area (Å²) in [5.74, 6) is 0.892. The van der Waals surface area contributed by atoms with Crippen LogP contribution in [0.2, 0.25) is 5.02 Å². The molecule has 0 bridgehead atoms. The van der Waals surface area contributed by atoms with E-state index in [0.717, 1.165) is 56.1 Å². The van der Waals surface area contributed by atoms with Crippen LogP contribution in [0.5, 0.6) is 0 Å². The Hall–Kier alpha value is -1.85. The molecule has 1 aliphatic heterocycles. The van der Waals surface area contributed by atoms with Crippen molar-refractivity contribution in [3.63, 3.8) is 0 Å². The molecule has 3 N–H and O–H groups in total. The van der Waals surface area contributed by atoms with E-state index in [4.69, 9.17) is 11.6 Å². The monoisotopic (exact) mass is 573 g/mol. The molecule has 0 atom stereocenters. The van der Waals surface area contributed by atoms with Crippen molar-refractivity contribution in [2.75, 3.05) is 33.2 Å². The molecule has 1 saturated heterocycles. The number of benzene rings is 1. The van der Waals surface area contributed by atoms with Crippen LogP contribution in [0.3, 0.4) is 0 Å². The van der Waals surface area contributed by atoms with Gasteiger partial charge in [-0.05, 0) is 43.5 Å². The molecular weight excluding hydrogens is 541 g/mol. The van der Waals surface area contributed by atoms with Crippen molar-refractivity contribution < 1.29 is 4.79 Å². The highest BCUT2D eigenvalue weighted by Gasteiger charge is 2.21. The number of piperidine rings is 1. The zero-order valence-corrected chi connectivity index (χ0v) is 21.8. The highest BCUT2D eigenvalue weighted by atomic mass is 127. The lowest BCUT2D eigenvalue weighted by Gasteiger charge is -2.32. The molecule has 2 aromatic rings. The van der Waals surface area contributed by atoms with Crippen molar-refractivity contribution in [1.29, 1.82) is 0 Å². The number of halogens is 2. The summed E-state index contributed by atoms with van der Waals surface area (Å²) in [6.45, 7) is 5.73. The SMILES string of the molecule is CCCNC(=O)CN1CCC(NC(=NC)NCc2cnn(-c3ccc(Cl)cc3)c2)CC1.I. The average molecular weight is 574 g/mol. The van der Waals surface area contributed by atoms with Crippen molar-refractivity contribution >= 4 is 47.4 Å². The van der Waals surface area contributed by atoms with Crippen molar-refractivity contribution in [2.24, 2.45) is 4.99 Å². The van der Waals surface area contributed by atoms with Gasteiger partial charge in [-0.3, -0.25) is 14.7 Å². The predicted octanol–water partition coefficient (Wildman–Crippen LogP) is 2.80. The maximum absolute atomic E-state index is 11.9. The summed E-state index contributed by atoms with van der Waals surface area (Å²) in [5.41, 5.74) is 2.03. The van der Waals surface area contributed by atoms with E-state index in [1.807, 2.05) is 41.3 Å². The average Bonchev–Trinajstić information content (AvgIpc) is 3.26. The Labute approximate surface area is 212 Å². The van der Waals surface area contributed by atoms with Gasteiger partial charge in [-0.1, -0.05) is 18.5 Å². The number of nitrogens with zero attached hydrogens (tertiary/aromatic N) is 4. The Bertz CT molecular complexity index is 863. The first-order valence-electron chi connectivity index (χ1n) is 10.8. The van der Waals surface area contributed by atoms with Crippen molar-refractivity contribution in [1.82, 2.24) is 30.6 Å². The van der Waals surface area contributed by atoms with E-state index in [9.17, 15) is 4.79 Å². The highest BCUT2D eigenvalue weighted by molar-refractivity contribution is 14.0. The standard InChI is InChI=1S/C22H32ClN7O.HI/c1-3-10-25-21(31)16-29-11-8-19(9-12-29)28-22(24-2)26-13-17-14-27-30(15-17)20-6-4-18(23)5-7-20;/h4-7,14-15,19H,3,8-13,16H2,1-2H3,(H,25,31)(H2,24,26,28);1H. The summed E-state index contributed by atoms with van der Waals surface area (Å²) in [5, 5.41) is 14.9. The Morgan fingerprint density at radius 3 is 2.59 bits per heavy atom. The first-order valence-corrected chi connectivity index (χ1v) is 11.2. The van der Waals surface area contributed by atoms with Crippen LogP contribution in [0.25, 0.3) is 5.69 Å². The van der Waals surface area contributed by atoms with Crippen LogP contribution in [0, 0.1) is 0 Å². The lowest BCUT2D eigenvalue weighted by Crippen LogP contribution is -2.50. The van der Waals surface area contributed by atoms with Crippen LogP contribution >= 0.6 is 35.6 Å². The molecule has 1 fully saturated rings. The Balaban J connectivity index is 0.00000363. The van der Waals surface area contributed by atoms with Gasteiger partial charge in [-0.25, -0.2) is 4.68 Å². The third kappa shape index (κ3) is 8.25. The molecule has 8 nitrogen and oxygen atoms in total. The summed E-state index contributed by atoms with van der Waals surface area (Å²) < 4.78 is 1.83. The number of nitrogens with one attached hydrogen (secondary N) is 3. The number of carbonyl (C=O) groups is 1. The minimum Gasteiger partial charge on any atom is -0.355 e. The number of aliphatic imine (C=N–C) groups is 1. The zero-order valence-electron chi connectivity index (χ0n) is 18.7. The fourth-order valence-corrected chi connectivity index (χ4v) is 3.64. The number of likely N-dealkylation sites (tertiary alicyclic amines) is 1. The fraction of sp³-hybridized carbons (Fsp3) is 0.500. The van der Waals surface area contributed by atoms with Gasteiger partial charge in [0.1, 0.15) is 0 Å². The van der Waals surface area contributed by atoms with Crippen LogP contribution in [0.4, 0.5) is 0 Å². The number of rotatable bonds is 8. The Kier molecular flexibility index (Phi) is 11.3. The van der Waals surface area contributed by atoms with E-state index in [1.54, 1.807) is 7.05 Å². The minimum atomic E-state index is 0. The molecule has 0 radical (unpaired) electrons. The molecule has 1 aromatic heterocycles. The second kappa shape index (κ2) is 13.6. The number of hydrogen-bond acceptors (Lipinski definition) is 4. The molecule has 10 heteroatoms. The molecule has 176 valence electrons. The van der Waals surface area contributed by atoms with Gasteiger partial charge in [0, 0.05) is 56.1 Å². The normalized spacial score (nSPS) is 15.2. The lowest BCUT2D eigenvalue weighted by atomic mass is 10.1. The molecule has 0 aliphatic carbocycles. The van der Waals surface area contributed by atoms with Crippen LogP contribution in [-0.4, -0.2) is 65.8 Å². The molecule has 1 amide bonds. The van der Waals surface area contributed by atoms with Crippen molar-refractivity contribution in [2.45, 2.75) is 38.8 Å². The molecule has 0 saturated carbocycles. The third-order valence-corrected chi connectivity index (χ3v) is 5.53. The van der Waals surface area contributed by atoms with E-state index < -0.39 is 0 Å². The van der Waals surface area contributed by atoms with Gasteiger partial charge in [-0.15, -0.1) is 24.0 Å². The summed E-state index contributed by atoms with van der Waals surface area (Å²) in [6.07, 6.45) is 6.76. The second-order valence-electron chi connectivity index (χ2n) is 7.74. The summed E-state index contributed by atoms with van der Waals surface area (Å²) in [7, 11) is 1.78. The summed E-state index contributed by atoms with van der Waals surface area (Å²) in [6, 6.07) is 7.92. The molecule has 1 aliphatic rings. The smallest absolute Gasteiger partial charge is 0.234 e. The molecule has 2 heterocycles. The topological polar surface area (TPSA) is 86.6 Å². The van der Waals surface area contributed by atoms with Crippen LogP contribution in [-0.2, 0) is 11.3 Å². The van der Waals surface area contributed by atoms with Gasteiger partial charge in [0.15, 0.2) is 5.96 Å².